The van der Waals surface area contributed by atoms with Gasteiger partial charge in [0.15, 0.2) is 11.6 Å². The maximum Gasteiger partial charge on any atom is 0.243 e. The number of carbonyl (C=O) groups excluding carboxylic acids is 1. The Hall–Kier alpha value is -2.14. The van der Waals surface area contributed by atoms with Crippen LogP contribution in [0.4, 0.5) is 20.2 Å². The van der Waals surface area contributed by atoms with Crippen molar-refractivity contribution in [1.29, 1.82) is 0 Å². The molecule has 1 amide bonds. The van der Waals surface area contributed by atoms with Gasteiger partial charge in [0.25, 0.3) is 0 Å². The van der Waals surface area contributed by atoms with Crippen LogP contribution >= 0.6 is 11.6 Å². The summed E-state index contributed by atoms with van der Waals surface area (Å²) in [7, 11) is 0. The number of hydrogen-bond acceptors (Lipinski definition) is 2. The van der Waals surface area contributed by atoms with E-state index in [1.165, 1.54) is 6.07 Å². The second-order valence-electron chi connectivity index (χ2n) is 4.44. The minimum Gasteiger partial charge on any atom is -0.376 e. The van der Waals surface area contributed by atoms with Crippen LogP contribution in [0.1, 0.15) is 5.56 Å². The predicted molar refractivity (Wildman–Crippen MR) is 79.7 cm³/mol. The molecule has 0 aliphatic heterocycles. The van der Waals surface area contributed by atoms with Crippen molar-refractivity contribution in [1.82, 2.24) is 0 Å². The fourth-order valence-corrected chi connectivity index (χ4v) is 1.90. The lowest BCUT2D eigenvalue weighted by molar-refractivity contribution is -0.114. The van der Waals surface area contributed by atoms with Crippen LogP contribution in [0, 0.1) is 18.6 Å². The van der Waals surface area contributed by atoms with Crippen LogP contribution in [0.2, 0.25) is 5.02 Å². The monoisotopic (exact) mass is 310 g/mol. The third kappa shape index (κ3) is 3.92. The van der Waals surface area contributed by atoms with Crippen LogP contribution in [-0.4, -0.2) is 12.5 Å². The molecule has 3 nitrogen and oxygen atoms in total. The molecule has 6 heteroatoms. The number of nitrogens with one attached hydrogen (secondary N) is 2. The summed E-state index contributed by atoms with van der Waals surface area (Å²) in [6.07, 6.45) is 0. The summed E-state index contributed by atoms with van der Waals surface area (Å²) in [6.45, 7) is 1.72. The van der Waals surface area contributed by atoms with Gasteiger partial charge in [0.1, 0.15) is 0 Å². The molecule has 0 aliphatic carbocycles. The van der Waals surface area contributed by atoms with E-state index in [0.29, 0.717) is 16.4 Å². The standard InChI is InChI=1S/C15H13ClF2N2O/c1-9-11(16)3-2-4-14(9)20-15(21)8-19-10-5-6-12(17)13(18)7-10/h2-7,19H,8H2,1H3,(H,20,21). The molecule has 0 unspecified atom stereocenters. The fourth-order valence-electron chi connectivity index (χ4n) is 1.73. The van der Waals surface area contributed by atoms with Crippen LogP contribution in [0.15, 0.2) is 36.4 Å². The van der Waals surface area contributed by atoms with E-state index >= 15 is 0 Å². The maximum atomic E-state index is 13.0. The van der Waals surface area contributed by atoms with Gasteiger partial charge in [0.2, 0.25) is 5.91 Å². The number of benzene rings is 2. The highest BCUT2D eigenvalue weighted by molar-refractivity contribution is 6.31. The van der Waals surface area contributed by atoms with E-state index in [4.69, 9.17) is 11.6 Å². The zero-order chi connectivity index (χ0) is 15.4. The molecule has 2 aromatic rings. The van der Waals surface area contributed by atoms with Gasteiger partial charge in [-0.2, -0.15) is 0 Å². The number of halogens is 3. The SMILES string of the molecule is Cc1c(Cl)cccc1NC(=O)CNc1ccc(F)c(F)c1. The van der Waals surface area contributed by atoms with Gasteiger partial charge in [-0.05, 0) is 36.8 Å². The zero-order valence-electron chi connectivity index (χ0n) is 11.2. The summed E-state index contributed by atoms with van der Waals surface area (Å²) in [5, 5.41) is 5.97. The fraction of sp³-hybridized carbons (Fsp3) is 0.133. The van der Waals surface area contributed by atoms with Crippen molar-refractivity contribution < 1.29 is 13.6 Å². The second-order valence-corrected chi connectivity index (χ2v) is 4.85. The molecule has 0 spiro atoms. The molecule has 0 fully saturated rings. The largest absolute Gasteiger partial charge is 0.376 e. The Labute approximate surface area is 125 Å². The molecule has 2 N–H and O–H groups in total. The summed E-state index contributed by atoms with van der Waals surface area (Å²) in [5.41, 5.74) is 1.70. The minimum atomic E-state index is -0.967. The normalized spacial score (nSPS) is 10.3. The average Bonchev–Trinajstić information content (AvgIpc) is 2.45. The van der Waals surface area contributed by atoms with Crippen molar-refractivity contribution in [3.63, 3.8) is 0 Å². The Kier molecular flexibility index (Phi) is 4.75. The van der Waals surface area contributed by atoms with Gasteiger partial charge in [-0.3, -0.25) is 4.79 Å². The Morgan fingerprint density at radius 2 is 1.95 bits per heavy atom. The lowest BCUT2D eigenvalue weighted by Crippen LogP contribution is -2.22. The third-order valence-electron chi connectivity index (χ3n) is 2.91. The maximum absolute atomic E-state index is 13.0. The van der Waals surface area contributed by atoms with Crippen molar-refractivity contribution in [3.05, 3.63) is 58.6 Å². The minimum absolute atomic E-state index is 0.0724. The van der Waals surface area contributed by atoms with Gasteiger partial charge in [-0.25, -0.2) is 8.78 Å². The zero-order valence-corrected chi connectivity index (χ0v) is 12.0. The van der Waals surface area contributed by atoms with Crippen molar-refractivity contribution in [2.75, 3.05) is 17.2 Å². The predicted octanol–water partition coefficient (Wildman–Crippen LogP) is 3.98. The van der Waals surface area contributed by atoms with E-state index in [1.807, 2.05) is 0 Å². The lowest BCUT2D eigenvalue weighted by Gasteiger charge is -2.10. The Balaban J connectivity index is 1.96. The molecular formula is C15H13ClF2N2O. The number of anilines is 2. The van der Waals surface area contributed by atoms with E-state index in [-0.39, 0.29) is 12.5 Å². The average molecular weight is 311 g/mol. The molecule has 0 saturated heterocycles. The topological polar surface area (TPSA) is 41.1 Å². The van der Waals surface area contributed by atoms with Crippen LogP contribution in [0.25, 0.3) is 0 Å². The van der Waals surface area contributed by atoms with Crippen molar-refractivity contribution in [3.8, 4) is 0 Å². The van der Waals surface area contributed by atoms with E-state index < -0.39 is 11.6 Å². The first kappa shape index (κ1) is 15.3. The summed E-state index contributed by atoms with van der Waals surface area (Å²) >= 11 is 5.96. The van der Waals surface area contributed by atoms with Gasteiger partial charge < -0.3 is 10.6 Å². The first-order chi connectivity index (χ1) is 9.97. The number of amides is 1. The number of rotatable bonds is 4. The number of carbonyl (C=O) groups is 1. The first-order valence-electron chi connectivity index (χ1n) is 6.21. The Morgan fingerprint density at radius 1 is 1.19 bits per heavy atom. The van der Waals surface area contributed by atoms with Gasteiger partial charge in [-0.1, -0.05) is 17.7 Å². The third-order valence-corrected chi connectivity index (χ3v) is 3.32. The first-order valence-corrected chi connectivity index (χ1v) is 6.59. The molecule has 2 rings (SSSR count). The van der Waals surface area contributed by atoms with E-state index in [9.17, 15) is 13.6 Å². The highest BCUT2D eigenvalue weighted by Gasteiger charge is 2.07. The van der Waals surface area contributed by atoms with Gasteiger partial charge in [0.05, 0.1) is 6.54 Å². The molecule has 0 bridgehead atoms. The smallest absolute Gasteiger partial charge is 0.243 e. The Bertz CT molecular complexity index is 677. The molecule has 2 aromatic carbocycles. The summed E-state index contributed by atoms with van der Waals surface area (Å²) in [5.74, 6) is -2.21. The molecule has 0 saturated carbocycles. The molecular weight excluding hydrogens is 298 g/mol. The van der Waals surface area contributed by atoms with Crippen LogP contribution in [0.3, 0.4) is 0 Å². The molecule has 110 valence electrons. The lowest BCUT2D eigenvalue weighted by atomic mass is 10.2. The van der Waals surface area contributed by atoms with Crippen LogP contribution in [0.5, 0.6) is 0 Å². The van der Waals surface area contributed by atoms with Crippen molar-refractivity contribution >= 4 is 28.9 Å². The molecule has 0 aliphatic rings. The van der Waals surface area contributed by atoms with E-state index in [0.717, 1.165) is 17.7 Å². The van der Waals surface area contributed by atoms with Gasteiger partial charge in [-0.15, -0.1) is 0 Å². The number of hydrogen-bond donors (Lipinski definition) is 2. The van der Waals surface area contributed by atoms with Gasteiger partial charge in [0, 0.05) is 22.5 Å². The van der Waals surface area contributed by atoms with Crippen LogP contribution in [-0.2, 0) is 4.79 Å². The van der Waals surface area contributed by atoms with E-state index in [2.05, 4.69) is 10.6 Å². The van der Waals surface area contributed by atoms with E-state index in [1.54, 1.807) is 25.1 Å². The van der Waals surface area contributed by atoms with Crippen molar-refractivity contribution in [2.45, 2.75) is 6.92 Å². The molecule has 0 atom stereocenters. The van der Waals surface area contributed by atoms with Crippen molar-refractivity contribution in [2.24, 2.45) is 0 Å². The van der Waals surface area contributed by atoms with Crippen LogP contribution < -0.4 is 10.6 Å². The molecule has 21 heavy (non-hydrogen) atoms. The molecule has 0 heterocycles. The summed E-state index contributed by atoms with van der Waals surface area (Å²) in [4.78, 5) is 11.8. The molecule has 0 radical (unpaired) electrons. The summed E-state index contributed by atoms with van der Waals surface area (Å²) in [6, 6.07) is 8.54. The highest BCUT2D eigenvalue weighted by atomic mass is 35.5. The molecule has 0 aromatic heterocycles. The Morgan fingerprint density at radius 3 is 2.67 bits per heavy atom. The highest BCUT2D eigenvalue weighted by Crippen LogP contribution is 2.22. The van der Waals surface area contributed by atoms with Gasteiger partial charge >= 0.3 is 0 Å². The second kappa shape index (κ2) is 6.54. The quantitative estimate of drug-likeness (QED) is 0.897. The summed E-state index contributed by atoms with van der Waals surface area (Å²) < 4.78 is 25.8.